The average molecular weight is 423 g/mol. The smallest absolute Gasteiger partial charge is 0.231 e. The van der Waals surface area contributed by atoms with E-state index in [1.54, 1.807) is 48.6 Å². The van der Waals surface area contributed by atoms with Crippen LogP contribution in [-0.2, 0) is 6.61 Å². The van der Waals surface area contributed by atoms with E-state index in [2.05, 4.69) is 6.58 Å². The summed E-state index contributed by atoms with van der Waals surface area (Å²) in [6.07, 6.45) is 3.36. The fourth-order valence-electron chi connectivity index (χ4n) is 2.95. The molecule has 0 bridgehead atoms. The summed E-state index contributed by atoms with van der Waals surface area (Å²) in [6, 6.07) is 18.2. The van der Waals surface area contributed by atoms with Crippen molar-refractivity contribution in [3.63, 3.8) is 0 Å². The van der Waals surface area contributed by atoms with Crippen molar-refractivity contribution in [3.8, 4) is 11.5 Å². The van der Waals surface area contributed by atoms with Gasteiger partial charge in [-0.3, -0.25) is 4.79 Å². The Balaban J connectivity index is 1.52. The first-order chi connectivity index (χ1) is 14.0. The topological polar surface area (TPSA) is 35.5 Å². The van der Waals surface area contributed by atoms with Crippen LogP contribution in [0.1, 0.15) is 27.0 Å². The minimum absolute atomic E-state index is 0.173. The van der Waals surface area contributed by atoms with Crippen LogP contribution in [0.2, 0.25) is 10.0 Å². The van der Waals surface area contributed by atoms with Crippen molar-refractivity contribution in [1.82, 2.24) is 0 Å². The summed E-state index contributed by atoms with van der Waals surface area (Å²) in [5, 5.41) is 0.896. The maximum absolute atomic E-state index is 12.6. The van der Waals surface area contributed by atoms with Crippen molar-refractivity contribution in [1.29, 1.82) is 0 Å². The summed E-state index contributed by atoms with van der Waals surface area (Å²) >= 11 is 12.4. The van der Waals surface area contributed by atoms with Gasteiger partial charge in [-0.15, -0.1) is 0 Å². The van der Waals surface area contributed by atoms with Gasteiger partial charge >= 0.3 is 0 Å². The first-order valence-corrected chi connectivity index (χ1v) is 9.67. The molecule has 0 saturated heterocycles. The standard InChI is InChI=1S/C24H16Cl2O3/c1-2-15-6-8-16(9-7-15)14-28-17-10-11-18-22(12-17)29-23(24(18)27)13-19-20(25)4-3-5-21(19)26/h2-13H,1,14H2. The van der Waals surface area contributed by atoms with Gasteiger partial charge in [0.2, 0.25) is 5.78 Å². The minimum Gasteiger partial charge on any atom is -0.489 e. The molecule has 0 fully saturated rings. The van der Waals surface area contributed by atoms with Crippen LogP contribution in [0.25, 0.3) is 12.2 Å². The van der Waals surface area contributed by atoms with Gasteiger partial charge in [-0.05, 0) is 41.5 Å². The van der Waals surface area contributed by atoms with E-state index in [1.807, 2.05) is 24.3 Å². The van der Waals surface area contributed by atoms with Gasteiger partial charge in [0.25, 0.3) is 0 Å². The zero-order valence-electron chi connectivity index (χ0n) is 15.3. The van der Waals surface area contributed by atoms with E-state index < -0.39 is 0 Å². The van der Waals surface area contributed by atoms with E-state index in [-0.39, 0.29) is 11.5 Å². The van der Waals surface area contributed by atoms with E-state index in [0.29, 0.717) is 39.3 Å². The quantitative estimate of drug-likeness (QED) is 0.422. The number of allylic oxidation sites excluding steroid dienone is 1. The van der Waals surface area contributed by atoms with Gasteiger partial charge < -0.3 is 9.47 Å². The third-order valence-corrected chi connectivity index (χ3v) is 5.20. The van der Waals surface area contributed by atoms with Gasteiger partial charge in [0.1, 0.15) is 18.1 Å². The third kappa shape index (κ3) is 4.07. The Bertz CT molecular complexity index is 1110. The van der Waals surface area contributed by atoms with Crippen molar-refractivity contribution in [2.24, 2.45) is 0 Å². The zero-order valence-corrected chi connectivity index (χ0v) is 16.8. The summed E-state index contributed by atoms with van der Waals surface area (Å²) in [6.45, 7) is 4.15. The van der Waals surface area contributed by atoms with E-state index in [0.717, 1.165) is 11.1 Å². The molecule has 0 amide bonds. The lowest BCUT2D eigenvalue weighted by atomic mass is 10.1. The van der Waals surface area contributed by atoms with Crippen LogP contribution in [0, 0.1) is 0 Å². The van der Waals surface area contributed by atoms with Gasteiger partial charge in [0.05, 0.1) is 5.56 Å². The molecule has 3 nitrogen and oxygen atoms in total. The molecule has 0 radical (unpaired) electrons. The molecule has 4 rings (SSSR count). The van der Waals surface area contributed by atoms with Crippen molar-refractivity contribution in [2.45, 2.75) is 6.61 Å². The molecular weight excluding hydrogens is 407 g/mol. The molecule has 0 spiro atoms. The Morgan fingerprint density at radius 1 is 1.00 bits per heavy atom. The van der Waals surface area contributed by atoms with Crippen LogP contribution < -0.4 is 9.47 Å². The molecule has 0 saturated carbocycles. The number of Topliss-reactive ketones (excluding diaryl/α,β-unsaturated/α-hetero) is 1. The number of benzene rings is 3. The van der Waals surface area contributed by atoms with Crippen molar-refractivity contribution >= 4 is 41.1 Å². The largest absolute Gasteiger partial charge is 0.489 e. The lowest BCUT2D eigenvalue weighted by Gasteiger charge is -2.08. The number of hydrogen-bond acceptors (Lipinski definition) is 3. The van der Waals surface area contributed by atoms with Gasteiger partial charge in [0.15, 0.2) is 5.76 Å². The molecule has 1 aliphatic rings. The first kappa shape index (κ1) is 19.3. The van der Waals surface area contributed by atoms with Gasteiger partial charge in [-0.1, -0.05) is 66.2 Å². The summed E-state index contributed by atoms with van der Waals surface area (Å²) < 4.78 is 11.6. The molecule has 0 unspecified atom stereocenters. The maximum atomic E-state index is 12.6. The highest BCUT2D eigenvalue weighted by atomic mass is 35.5. The van der Waals surface area contributed by atoms with Gasteiger partial charge in [0, 0.05) is 21.7 Å². The second kappa shape index (κ2) is 8.16. The highest BCUT2D eigenvalue weighted by Gasteiger charge is 2.28. The number of hydrogen-bond donors (Lipinski definition) is 0. The molecule has 1 heterocycles. The van der Waals surface area contributed by atoms with E-state index in [9.17, 15) is 4.79 Å². The normalized spacial score (nSPS) is 13.9. The number of rotatable bonds is 5. The molecule has 3 aromatic rings. The van der Waals surface area contributed by atoms with Crippen LogP contribution in [-0.4, -0.2) is 5.78 Å². The molecular formula is C24H16Cl2O3. The summed E-state index contributed by atoms with van der Waals surface area (Å²) in [5.41, 5.74) is 3.10. The number of ether oxygens (including phenoxy) is 2. The second-order valence-corrected chi connectivity index (χ2v) is 7.28. The monoisotopic (exact) mass is 422 g/mol. The molecule has 0 N–H and O–H groups in total. The van der Waals surface area contributed by atoms with Crippen LogP contribution in [0.15, 0.2) is 73.0 Å². The van der Waals surface area contributed by atoms with E-state index >= 15 is 0 Å². The Morgan fingerprint density at radius 3 is 2.41 bits per heavy atom. The summed E-state index contributed by atoms with van der Waals surface area (Å²) in [4.78, 5) is 12.6. The third-order valence-electron chi connectivity index (χ3n) is 4.54. The van der Waals surface area contributed by atoms with Crippen molar-refractivity contribution < 1.29 is 14.3 Å². The molecule has 144 valence electrons. The lowest BCUT2D eigenvalue weighted by Crippen LogP contribution is -1.98. The number of fused-ring (bicyclic) bond motifs is 1. The van der Waals surface area contributed by atoms with Gasteiger partial charge in [-0.25, -0.2) is 0 Å². The zero-order chi connectivity index (χ0) is 20.4. The lowest BCUT2D eigenvalue weighted by molar-refractivity contribution is 0.101. The molecule has 5 heteroatoms. The average Bonchev–Trinajstić information content (AvgIpc) is 3.04. The van der Waals surface area contributed by atoms with Crippen LogP contribution in [0.5, 0.6) is 11.5 Å². The number of carbonyl (C=O) groups is 1. The van der Waals surface area contributed by atoms with E-state index in [1.165, 1.54) is 0 Å². The highest BCUT2D eigenvalue weighted by Crippen LogP contribution is 2.36. The fraction of sp³-hybridized carbons (Fsp3) is 0.0417. The fourth-order valence-corrected chi connectivity index (χ4v) is 3.46. The van der Waals surface area contributed by atoms with Crippen LogP contribution in [0.4, 0.5) is 0 Å². The Hall–Kier alpha value is -3.01. The van der Waals surface area contributed by atoms with Crippen LogP contribution >= 0.6 is 23.2 Å². The maximum Gasteiger partial charge on any atom is 0.231 e. The number of halogens is 2. The first-order valence-electron chi connectivity index (χ1n) is 8.91. The predicted octanol–water partition coefficient (Wildman–Crippen LogP) is 6.83. The summed E-state index contributed by atoms with van der Waals surface area (Å²) in [7, 11) is 0. The number of carbonyl (C=O) groups excluding carboxylic acids is 1. The molecule has 0 aliphatic carbocycles. The number of ketones is 1. The minimum atomic E-state index is -0.220. The SMILES string of the molecule is C=Cc1ccc(COc2ccc3c(c2)OC(=Cc2c(Cl)cccc2Cl)C3=O)cc1. The predicted molar refractivity (Wildman–Crippen MR) is 117 cm³/mol. The molecule has 29 heavy (non-hydrogen) atoms. The Kier molecular flexibility index (Phi) is 5.43. The Morgan fingerprint density at radius 2 is 1.72 bits per heavy atom. The molecule has 0 atom stereocenters. The molecule has 1 aliphatic heterocycles. The Labute approximate surface area is 178 Å². The van der Waals surface area contributed by atoms with Gasteiger partial charge in [-0.2, -0.15) is 0 Å². The van der Waals surface area contributed by atoms with Crippen molar-refractivity contribution in [3.05, 3.63) is 105 Å². The van der Waals surface area contributed by atoms with Crippen molar-refractivity contribution in [2.75, 3.05) is 0 Å². The highest BCUT2D eigenvalue weighted by molar-refractivity contribution is 6.37. The second-order valence-electron chi connectivity index (χ2n) is 6.47. The summed E-state index contributed by atoms with van der Waals surface area (Å²) in [5.74, 6) is 1.01. The molecule has 3 aromatic carbocycles. The molecule has 0 aromatic heterocycles. The van der Waals surface area contributed by atoms with Crippen LogP contribution in [0.3, 0.4) is 0 Å². The van der Waals surface area contributed by atoms with E-state index in [4.69, 9.17) is 32.7 Å².